The van der Waals surface area contributed by atoms with E-state index in [1.54, 1.807) is 14.2 Å². The van der Waals surface area contributed by atoms with Gasteiger partial charge < -0.3 is 14.5 Å². The Morgan fingerprint density at radius 2 is 2.00 bits per heavy atom. The molecule has 5 nitrogen and oxygen atoms in total. The second-order valence-electron chi connectivity index (χ2n) is 6.63. The average molecular weight is 386 g/mol. The van der Waals surface area contributed by atoms with E-state index in [1.807, 2.05) is 31.3 Å². The van der Waals surface area contributed by atoms with Crippen molar-refractivity contribution in [1.82, 2.24) is 15.0 Å². The quantitative estimate of drug-likeness (QED) is 0.630. The molecule has 2 aromatic heterocycles. The minimum Gasteiger partial charge on any atom is -0.497 e. The Bertz CT molecular complexity index is 1090. The van der Waals surface area contributed by atoms with Crippen LogP contribution in [0.25, 0.3) is 11.0 Å². The number of ether oxygens (including phenoxy) is 2. The molecule has 0 saturated carbocycles. The summed E-state index contributed by atoms with van der Waals surface area (Å²) in [6.07, 6.45) is 2.79. The molecule has 144 valence electrons. The number of benzene rings is 1. The molecule has 0 saturated heterocycles. The minimum atomic E-state index is -1.56. The molecular weight excluding hydrogens is 358 g/mol. The zero-order chi connectivity index (χ0) is 19.6. The van der Waals surface area contributed by atoms with Gasteiger partial charge in [0.05, 0.1) is 30.9 Å². The van der Waals surface area contributed by atoms with E-state index in [9.17, 15) is 0 Å². The van der Waals surface area contributed by atoms with Gasteiger partial charge in [-0.05, 0) is 32.4 Å². The number of aryl methyl sites for hydroxylation is 1. The lowest BCUT2D eigenvalue weighted by molar-refractivity contribution is 0.407. The summed E-state index contributed by atoms with van der Waals surface area (Å²) in [5.74, 6) is 7.03. The first-order valence-corrected chi connectivity index (χ1v) is 11.0. The van der Waals surface area contributed by atoms with Crippen LogP contribution in [0.15, 0.2) is 29.6 Å². The van der Waals surface area contributed by atoms with Crippen molar-refractivity contribution in [3.63, 3.8) is 0 Å². The zero-order valence-corrected chi connectivity index (χ0v) is 17.4. The molecule has 1 unspecified atom stereocenters. The molecule has 0 bridgehead atoms. The fraction of sp³-hybridized carbons (Fsp3) is 0.333. The second kappa shape index (κ2) is 7.64. The highest BCUT2D eigenvalue weighted by molar-refractivity contribution is 8.27. The summed E-state index contributed by atoms with van der Waals surface area (Å²) < 4.78 is 10.9. The number of nitrogens with one attached hydrogen (secondary N) is 1. The molecule has 0 aliphatic carbocycles. The Morgan fingerprint density at radius 1 is 1.22 bits per heavy atom. The van der Waals surface area contributed by atoms with Crippen LogP contribution >= 0.6 is 9.21 Å². The molecule has 0 aliphatic rings. The van der Waals surface area contributed by atoms with Crippen molar-refractivity contribution in [3.8, 4) is 11.5 Å². The number of rotatable bonds is 6. The van der Waals surface area contributed by atoms with E-state index < -0.39 is 9.21 Å². The van der Waals surface area contributed by atoms with Crippen LogP contribution in [-0.2, 0) is 5.75 Å². The molecule has 0 spiro atoms. The Kier molecular flexibility index (Phi) is 5.46. The van der Waals surface area contributed by atoms with Gasteiger partial charge in [0.25, 0.3) is 0 Å². The van der Waals surface area contributed by atoms with Gasteiger partial charge in [-0.1, -0.05) is 18.2 Å². The first-order chi connectivity index (χ1) is 12.9. The standard InChI is InChI=1S/C21H27N3O2S/c1-7-10-27(6,13-19-15(3)20(26-5)14(2)12-22-19)21-23-17-9-8-16(25-4)11-18(17)24-21/h8-12H,6-7,13H2,1-5H3,(H,23,24). The highest BCUT2D eigenvalue weighted by Crippen LogP contribution is 2.38. The van der Waals surface area contributed by atoms with Crippen molar-refractivity contribution in [3.05, 3.63) is 41.2 Å². The number of hydrogen-bond donors (Lipinski definition) is 1. The molecule has 0 radical (unpaired) electrons. The van der Waals surface area contributed by atoms with Crippen LogP contribution in [0.1, 0.15) is 30.2 Å². The summed E-state index contributed by atoms with van der Waals surface area (Å²) in [7, 11) is 1.81. The van der Waals surface area contributed by atoms with Crippen LogP contribution in [-0.4, -0.2) is 40.4 Å². The van der Waals surface area contributed by atoms with Crippen molar-refractivity contribution in [2.75, 3.05) is 14.2 Å². The predicted molar refractivity (Wildman–Crippen MR) is 116 cm³/mol. The summed E-state index contributed by atoms with van der Waals surface area (Å²) in [6.45, 7) is 6.20. The van der Waals surface area contributed by atoms with Gasteiger partial charge in [-0.2, -0.15) is 0 Å². The van der Waals surface area contributed by atoms with Crippen LogP contribution in [0, 0.1) is 13.8 Å². The SMILES string of the molecule is C=S(=CCC)(Cc1ncc(C)c(OC)c1C)c1nc2ccc(OC)cc2[nH]1. The molecule has 1 N–H and O–H groups in total. The molecule has 6 heteroatoms. The average Bonchev–Trinajstić information content (AvgIpc) is 3.09. The summed E-state index contributed by atoms with van der Waals surface area (Å²) >= 11 is 0. The number of pyridine rings is 1. The largest absolute Gasteiger partial charge is 0.497 e. The molecule has 1 atom stereocenters. The molecule has 0 aliphatic heterocycles. The second-order valence-corrected chi connectivity index (χ2v) is 9.53. The molecule has 2 heterocycles. The van der Waals surface area contributed by atoms with Gasteiger partial charge >= 0.3 is 0 Å². The van der Waals surface area contributed by atoms with E-state index in [1.165, 1.54) is 0 Å². The Labute approximate surface area is 161 Å². The molecule has 3 aromatic rings. The maximum absolute atomic E-state index is 5.57. The maximum atomic E-state index is 5.57. The highest BCUT2D eigenvalue weighted by atomic mass is 32.2. The molecule has 0 amide bonds. The Morgan fingerprint density at radius 3 is 2.67 bits per heavy atom. The van der Waals surface area contributed by atoms with Crippen LogP contribution in [0.3, 0.4) is 0 Å². The van der Waals surface area contributed by atoms with E-state index in [-0.39, 0.29) is 0 Å². The third-order valence-corrected chi connectivity index (χ3v) is 7.41. The van der Waals surface area contributed by atoms with Crippen molar-refractivity contribution in [2.45, 2.75) is 38.1 Å². The molecular formula is C21H27N3O2S. The lowest BCUT2D eigenvalue weighted by Crippen LogP contribution is -2.02. The van der Waals surface area contributed by atoms with Gasteiger partial charge in [0.1, 0.15) is 11.5 Å². The zero-order valence-electron chi connectivity index (χ0n) is 16.6. The number of imidazole rings is 1. The minimum absolute atomic E-state index is 0.722. The topological polar surface area (TPSA) is 60.0 Å². The number of aromatic amines is 1. The molecule has 1 aromatic carbocycles. The van der Waals surface area contributed by atoms with E-state index in [0.717, 1.165) is 56.7 Å². The summed E-state index contributed by atoms with van der Waals surface area (Å²) in [4.78, 5) is 13.0. The van der Waals surface area contributed by atoms with Crippen LogP contribution < -0.4 is 9.47 Å². The third-order valence-electron chi connectivity index (χ3n) is 4.68. The Balaban J connectivity index is 2.10. The number of methoxy groups -OCH3 is 2. The maximum Gasteiger partial charge on any atom is 0.155 e. The normalized spacial score (nSPS) is 13.4. The first-order valence-electron chi connectivity index (χ1n) is 8.92. The predicted octanol–water partition coefficient (Wildman–Crippen LogP) is 4.60. The van der Waals surface area contributed by atoms with Gasteiger partial charge in [-0.25, -0.2) is 4.98 Å². The highest BCUT2D eigenvalue weighted by Gasteiger charge is 2.16. The van der Waals surface area contributed by atoms with Crippen molar-refractivity contribution >= 4 is 31.5 Å². The van der Waals surface area contributed by atoms with Crippen molar-refractivity contribution in [1.29, 1.82) is 0 Å². The van der Waals surface area contributed by atoms with Crippen LogP contribution in [0.2, 0.25) is 0 Å². The lowest BCUT2D eigenvalue weighted by Gasteiger charge is -2.17. The van der Waals surface area contributed by atoms with Gasteiger partial charge in [0, 0.05) is 29.1 Å². The van der Waals surface area contributed by atoms with Crippen molar-refractivity contribution in [2.24, 2.45) is 0 Å². The van der Waals surface area contributed by atoms with Crippen molar-refractivity contribution < 1.29 is 9.47 Å². The summed E-state index contributed by atoms with van der Waals surface area (Å²) in [6, 6.07) is 5.86. The monoisotopic (exact) mass is 385 g/mol. The van der Waals surface area contributed by atoms with Gasteiger partial charge in [0.2, 0.25) is 0 Å². The number of hydrogen-bond acceptors (Lipinski definition) is 4. The number of aromatic nitrogens is 3. The van der Waals surface area contributed by atoms with Gasteiger partial charge in [-0.15, -0.1) is 9.21 Å². The van der Waals surface area contributed by atoms with Gasteiger partial charge in [-0.3, -0.25) is 4.98 Å². The summed E-state index contributed by atoms with van der Waals surface area (Å²) in [5, 5.41) is 3.18. The van der Waals surface area contributed by atoms with Crippen LogP contribution in [0.5, 0.6) is 11.5 Å². The fourth-order valence-corrected chi connectivity index (χ4v) is 5.69. The fourth-order valence-electron chi connectivity index (χ4n) is 3.27. The number of fused-ring (bicyclic) bond motifs is 1. The van der Waals surface area contributed by atoms with E-state index in [4.69, 9.17) is 14.5 Å². The molecule has 27 heavy (non-hydrogen) atoms. The number of H-pyrrole nitrogens is 1. The van der Waals surface area contributed by atoms with Crippen LogP contribution in [0.4, 0.5) is 0 Å². The van der Waals surface area contributed by atoms with E-state index >= 15 is 0 Å². The number of nitrogens with zero attached hydrogens (tertiary/aromatic N) is 2. The molecule has 3 rings (SSSR count). The summed E-state index contributed by atoms with van der Waals surface area (Å²) in [5.41, 5.74) is 4.99. The van der Waals surface area contributed by atoms with Gasteiger partial charge in [0.15, 0.2) is 5.16 Å². The molecule has 0 fully saturated rings. The van der Waals surface area contributed by atoms with E-state index in [2.05, 4.69) is 35.1 Å². The van der Waals surface area contributed by atoms with E-state index in [0.29, 0.717) is 0 Å². The third kappa shape index (κ3) is 3.67. The lowest BCUT2D eigenvalue weighted by atomic mass is 10.1. The first kappa shape index (κ1) is 19.3. The Hall–Kier alpha value is -2.47. The smallest absolute Gasteiger partial charge is 0.155 e.